The van der Waals surface area contributed by atoms with Crippen LogP contribution in [0, 0.1) is 0 Å². The van der Waals surface area contributed by atoms with Gasteiger partial charge in [0.15, 0.2) is 5.69 Å². The summed E-state index contributed by atoms with van der Waals surface area (Å²) in [6.07, 6.45) is -3.86. The Balaban J connectivity index is 1.83. The lowest BCUT2D eigenvalue weighted by Gasteiger charge is -2.26. The van der Waals surface area contributed by atoms with Gasteiger partial charge >= 0.3 is 6.18 Å². The van der Waals surface area contributed by atoms with Crippen molar-refractivity contribution in [1.29, 1.82) is 0 Å². The Morgan fingerprint density at radius 3 is 2.53 bits per heavy atom. The van der Waals surface area contributed by atoms with Gasteiger partial charge in [0.05, 0.1) is 29.9 Å². The maximum absolute atomic E-state index is 12.9. The molecule has 0 saturated carbocycles. The van der Waals surface area contributed by atoms with Crippen molar-refractivity contribution in [2.75, 3.05) is 31.6 Å². The van der Waals surface area contributed by atoms with Crippen molar-refractivity contribution >= 4 is 21.6 Å². The van der Waals surface area contributed by atoms with Crippen molar-refractivity contribution < 1.29 is 35.9 Å². The summed E-state index contributed by atoms with van der Waals surface area (Å²) in [4.78, 5) is 12.4. The van der Waals surface area contributed by atoms with Crippen molar-refractivity contribution in [3.05, 3.63) is 36.2 Å². The first-order valence-electron chi connectivity index (χ1n) is 9.76. The topological polar surface area (TPSA) is 103 Å². The summed E-state index contributed by atoms with van der Waals surface area (Å²) < 4.78 is 77.0. The minimum atomic E-state index is -4.62. The maximum Gasteiger partial charge on any atom is 0.435 e. The molecule has 32 heavy (non-hydrogen) atoms. The number of benzene rings is 1. The molecular weight excluding hydrogens is 453 g/mol. The quantitative estimate of drug-likeness (QED) is 0.658. The molecular formula is C19H23F3N4O5S. The first-order valence-corrected chi connectivity index (χ1v) is 11.2. The highest BCUT2D eigenvalue weighted by Crippen LogP contribution is 2.31. The molecule has 1 fully saturated rings. The van der Waals surface area contributed by atoms with Crippen molar-refractivity contribution in [2.45, 2.75) is 37.6 Å². The minimum absolute atomic E-state index is 0.0516. The fourth-order valence-electron chi connectivity index (χ4n) is 3.00. The lowest BCUT2D eigenvalue weighted by Crippen LogP contribution is -2.40. The molecule has 2 aromatic rings. The van der Waals surface area contributed by atoms with E-state index in [9.17, 15) is 26.4 Å². The second-order valence-corrected chi connectivity index (χ2v) is 9.22. The molecule has 1 aromatic carbocycles. The molecule has 1 N–H and O–H groups in total. The number of halogens is 3. The smallest absolute Gasteiger partial charge is 0.435 e. The van der Waals surface area contributed by atoms with Crippen molar-refractivity contribution in [2.24, 2.45) is 0 Å². The van der Waals surface area contributed by atoms with E-state index in [4.69, 9.17) is 9.47 Å². The minimum Gasteiger partial charge on any atom is -0.489 e. The molecule has 2 heterocycles. The van der Waals surface area contributed by atoms with Crippen LogP contribution in [0.15, 0.2) is 35.4 Å². The number of amides is 1. The summed E-state index contributed by atoms with van der Waals surface area (Å²) in [6.45, 7) is 3.98. The van der Waals surface area contributed by atoms with E-state index in [1.54, 1.807) is 13.8 Å². The third-order valence-corrected chi connectivity index (χ3v) is 6.33. The number of hydrogen-bond acceptors (Lipinski definition) is 6. The number of anilines is 1. The molecule has 1 saturated heterocycles. The number of hydrogen-bond donors (Lipinski definition) is 1. The Bertz CT molecular complexity index is 1060. The molecule has 0 radical (unpaired) electrons. The number of ether oxygens (including phenoxy) is 2. The number of carbonyl (C=O) groups is 1. The summed E-state index contributed by atoms with van der Waals surface area (Å²) >= 11 is 0. The predicted octanol–water partition coefficient (Wildman–Crippen LogP) is 2.35. The largest absolute Gasteiger partial charge is 0.489 e. The monoisotopic (exact) mass is 476 g/mol. The number of carbonyl (C=O) groups excluding carboxylic acids is 1. The SMILES string of the molecule is CC(C)Oc1ccc(S(=O)(=O)N2CCOCC2)cc1NC(=O)Cn1ccc(C(F)(F)F)n1. The van der Waals surface area contributed by atoms with Gasteiger partial charge in [0.1, 0.15) is 12.3 Å². The Hall–Kier alpha value is -2.64. The van der Waals surface area contributed by atoms with Gasteiger partial charge in [0, 0.05) is 19.3 Å². The highest BCUT2D eigenvalue weighted by Gasteiger charge is 2.33. The molecule has 3 rings (SSSR count). The summed E-state index contributed by atoms with van der Waals surface area (Å²) in [5.41, 5.74) is -1.03. The maximum atomic E-state index is 12.9. The van der Waals surface area contributed by atoms with Gasteiger partial charge in [-0.25, -0.2) is 8.42 Å². The third-order valence-electron chi connectivity index (χ3n) is 4.43. The Morgan fingerprint density at radius 2 is 1.94 bits per heavy atom. The molecule has 0 unspecified atom stereocenters. The van der Waals surface area contributed by atoms with Crippen LogP contribution in [0.1, 0.15) is 19.5 Å². The van der Waals surface area contributed by atoms with Gasteiger partial charge in [-0.05, 0) is 38.1 Å². The zero-order valence-corrected chi connectivity index (χ0v) is 18.2. The summed E-state index contributed by atoms with van der Waals surface area (Å²) in [5, 5.41) is 5.85. The van der Waals surface area contributed by atoms with Crippen molar-refractivity contribution in [3.8, 4) is 5.75 Å². The van der Waals surface area contributed by atoms with Gasteiger partial charge in [-0.3, -0.25) is 9.48 Å². The van der Waals surface area contributed by atoms with E-state index in [0.29, 0.717) is 0 Å². The highest BCUT2D eigenvalue weighted by molar-refractivity contribution is 7.89. The summed E-state index contributed by atoms with van der Waals surface area (Å²) in [5.74, 6) is -0.470. The molecule has 176 valence electrons. The molecule has 1 aromatic heterocycles. The fourth-order valence-corrected chi connectivity index (χ4v) is 4.43. The van der Waals surface area contributed by atoms with E-state index in [0.717, 1.165) is 16.9 Å². The van der Waals surface area contributed by atoms with E-state index < -0.39 is 34.3 Å². The molecule has 0 bridgehead atoms. The average molecular weight is 476 g/mol. The lowest BCUT2D eigenvalue weighted by molar-refractivity contribution is -0.141. The molecule has 0 aliphatic carbocycles. The van der Waals surface area contributed by atoms with Crippen LogP contribution in [0.3, 0.4) is 0 Å². The van der Waals surface area contributed by atoms with Crippen LogP contribution >= 0.6 is 0 Å². The highest BCUT2D eigenvalue weighted by atomic mass is 32.2. The van der Waals surface area contributed by atoms with Crippen molar-refractivity contribution in [1.82, 2.24) is 14.1 Å². The number of sulfonamides is 1. The number of rotatable bonds is 7. The van der Waals surface area contributed by atoms with Crippen LogP contribution < -0.4 is 10.1 Å². The molecule has 13 heteroatoms. The van der Waals surface area contributed by atoms with Gasteiger partial charge in [0.25, 0.3) is 0 Å². The lowest BCUT2D eigenvalue weighted by atomic mass is 10.2. The first-order chi connectivity index (χ1) is 15.0. The fraction of sp³-hybridized carbons (Fsp3) is 0.474. The molecule has 1 aliphatic rings. The number of morpholine rings is 1. The van der Waals surface area contributed by atoms with Gasteiger partial charge < -0.3 is 14.8 Å². The first kappa shape index (κ1) is 24.0. The van der Waals surface area contributed by atoms with Crippen LogP contribution in [0.5, 0.6) is 5.75 Å². The van der Waals surface area contributed by atoms with E-state index in [-0.39, 0.29) is 48.7 Å². The molecule has 1 amide bonds. The summed E-state index contributed by atoms with van der Waals surface area (Å²) in [6, 6.07) is 4.83. The van der Waals surface area contributed by atoms with Gasteiger partial charge in [-0.2, -0.15) is 22.6 Å². The van der Waals surface area contributed by atoms with Crippen LogP contribution in [0.25, 0.3) is 0 Å². The van der Waals surface area contributed by atoms with Gasteiger partial charge in [-0.1, -0.05) is 0 Å². The molecule has 1 aliphatic heterocycles. The van der Waals surface area contributed by atoms with Crippen LogP contribution in [-0.4, -0.2) is 60.8 Å². The molecule has 0 atom stereocenters. The number of nitrogens with one attached hydrogen (secondary N) is 1. The van der Waals surface area contributed by atoms with Gasteiger partial charge in [-0.15, -0.1) is 0 Å². The van der Waals surface area contributed by atoms with E-state index in [2.05, 4.69) is 10.4 Å². The second kappa shape index (κ2) is 9.46. The number of aromatic nitrogens is 2. The third kappa shape index (κ3) is 5.78. The summed E-state index contributed by atoms with van der Waals surface area (Å²) in [7, 11) is -3.83. The second-order valence-electron chi connectivity index (χ2n) is 7.29. The van der Waals surface area contributed by atoms with Gasteiger partial charge in [0.2, 0.25) is 15.9 Å². The molecule has 0 spiro atoms. The Morgan fingerprint density at radius 1 is 1.25 bits per heavy atom. The molecule has 9 nitrogen and oxygen atoms in total. The Labute approximate surface area is 183 Å². The van der Waals surface area contributed by atoms with Crippen LogP contribution in [0.4, 0.5) is 18.9 Å². The van der Waals surface area contributed by atoms with E-state index in [1.165, 1.54) is 22.5 Å². The standard InChI is InChI=1S/C19H23F3N4O5S/c1-13(2)31-16-4-3-14(32(28,29)26-7-9-30-10-8-26)11-15(16)23-18(27)12-25-6-5-17(24-25)19(20,21)22/h3-6,11,13H,7-10,12H2,1-2H3,(H,23,27). The van der Waals surface area contributed by atoms with E-state index in [1.807, 2.05) is 0 Å². The van der Waals surface area contributed by atoms with E-state index >= 15 is 0 Å². The normalized spacial score (nSPS) is 15.7. The predicted molar refractivity (Wildman–Crippen MR) is 108 cm³/mol. The van der Waals surface area contributed by atoms with Crippen molar-refractivity contribution in [3.63, 3.8) is 0 Å². The average Bonchev–Trinajstić information content (AvgIpc) is 3.18. The number of nitrogens with zero attached hydrogens (tertiary/aromatic N) is 3. The van der Waals surface area contributed by atoms with Crippen LogP contribution in [0.2, 0.25) is 0 Å². The Kier molecular flexibility index (Phi) is 7.10. The zero-order chi connectivity index (χ0) is 23.5. The van der Waals surface area contributed by atoms with Crippen LogP contribution in [-0.2, 0) is 32.3 Å². The number of alkyl halides is 3. The zero-order valence-electron chi connectivity index (χ0n) is 17.4.